The second-order valence-corrected chi connectivity index (χ2v) is 12.3. The molecule has 0 aromatic heterocycles. The SMILES string of the molecule is CC(C)CC[C@H](O)C(C)C1CCC2C3CC=C4CC(O)CCC4(C)C3CCC21C. The quantitative estimate of drug-likeness (QED) is 0.525. The highest BCUT2D eigenvalue weighted by atomic mass is 16.3. The molecule has 9 atom stereocenters. The maximum atomic E-state index is 11.0. The molecule has 2 N–H and O–H groups in total. The maximum absolute atomic E-state index is 11.0. The number of aliphatic hydroxyl groups excluding tert-OH is 2. The fourth-order valence-electron chi connectivity index (χ4n) is 8.58. The zero-order chi connectivity index (χ0) is 21.0. The van der Waals surface area contributed by atoms with Crippen LogP contribution >= 0.6 is 0 Å². The minimum atomic E-state index is -0.133. The first-order valence-corrected chi connectivity index (χ1v) is 12.7. The molecule has 3 fully saturated rings. The smallest absolute Gasteiger partial charge is 0.0577 e. The van der Waals surface area contributed by atoms with E-state index in [-0.39, 0.29) is 12.2 Å². The third kappa shape index (κ3) is 3.65. The zero-order valence-electron chi connectivity index (χ0n) is 19.7. The van der Waals surface area contributed by atoms with Gasteiger partial charge >= 0.3 is 0 Å². The Kier molecular flexibility index (Phi) is 6.01. The molecule has 0 radical (unpaired) electrons. The summed E-state index contributed by atoms with van der Waals surface area (Å²) >= 11 is 0. The Morgan fingerprint density at radius 1 is 1.00 bits per heavy atom. The lowest BCUT2D eigenvalue weighted by Crippen LogP contribution is -2.51. The number of fused-ring (bicyclic) bond motifs is 5. The highest BCUT2D eigenvalue weighted by Gasteiger charge is 2.59. The lowest BCUT2D eigenvalue weighted by molar-refractivity contribution is -0.0681. The van der Waals surface area contributed by atoms with Crippen LogP contribution in [0, 0.1) is 46.3 Å². The van der Waals surface area contributed by atoms with E-state index in [0.29, 0.717) is 28.6 Å². The molecule has 4 aliphatic rings. The van der Waals surface area contributed by atoms with Gasteiger partial charge in [-0.3, -0.25) is 0 Å². The van der Waals surface area contributed by atoms with Gasteiger partial charge in [0.05, 0.1) is 12.2 Å². The summed E-state index contributed by atoms with van der Waals surface area (Å²) in [4.78, 5) is 0. The summed E-state index contributed by atoms with van der Waals surface area (Å²) in [5.74, 6) is 4.25. The molecule has 0 bridgehead atoms. The van der Waals surface area contributed by atoms with Crippen LogP contribution in [-0.2, 0) is 0 Å². The Balaban J connectivity index is 1.51. The molecule has 0 amide bonds. The molecular formula is C27H46O2. The lowest BCUT2D eigenvalue weighted by atomic mass is 9.47. The predicted molar refractivity (Wildman–Crippen MR) is 120 cm³/mol. The molecule has 4 rings (SSSR count). The second-order valence-electron chi connectivity index (χ2n) is 12.3. The van der Waals surface area contributed by atoms with Crippen molar-refractivity contribution < 1.29 is 10.2 Å². The van der Waals surface area contributed by atoms with Crippen LogP contribution in [0.15, 0.2) is 11.6 Å². The first-order valence-electron chi connectivity index (χ1n) is 12.7. The van der Waals surface area contributed by atoms with E-state index in [1.54, 1.807) is 5.57 Å². The highest BCUT2D eigenvalue weighted by molar-refractivity contribution is 5.25. The van der Waals surface area contributed by atoms with E-state index in [4.69, 9.17) is 0 Å². The van der Waals surface area contributed by atoms with Crippen molar-refractivity contribution in [3.8, 4) is 0 Å². The van der Waals surface area contributed by atoms with Crippen LogP contribution < -0.4 is 0 Å². The highest BCUT2D eigenvalue weighted by Crippen LogP contribution is 2.67. The van der Waals surface area contributed by atoms with Gasteiger partial charge in [0.1, 0.15) is 0 Å². The minimum absolute atomic E-state index is 0.108. The predicted octanol–water partition coefficient (Wildman–Crippen LogP) is 6.36. The van der Waals surface area contributed by atoms with Gasteiger partial charge in [0.15, 0.2) is 0 Å². The lowest BCUT2D eigenvalue weighted by Gasteiger charge is -2.58. The van der Waals surface area contributed by atoms with Crippen molar-refractivity contribution in [1.29, 1.82) is 0 Å². The van der Waals surface area contributed by atoms with Crippen molar-refractivity contribution in [2.24, 2.45) is 46.3 Å². The molecule has 3 saturated carbocycles. The molecule has 2 nitrogen and oxygen atoms in total. The maximum Gasteiger partial charge on any atom is 0.0577 e. The molecule has 0 aromatic rings. The molecule has 0 heterocycles. The van der Waals surface area contributed by atoms with Gasteiger partial charge in [-0.2, -0.15) is 0 Å². The summed E-state index contributed by atoms with van der Waals surface area (Å²) in [6.45, 7) is 12.0. The Hall–Kier alpha value is -0.340. The summed E-state index contributed by atoms with van der Waals surface area (Å²) in [7, 11) is 0. The molecule has 166 valence electrons. The van der Waals surface area contributed by atoms with Gasteiger partial charge in [-0.25, -0.2) is 0 Å². The Morgan fingerprint density at radius 2 is 1.76 bits per heavy atom. The first kappa shape index (κ1) is 21.9. The molecule has 0 saturated heterocycles. The fourth-order valence-corrected chi connectivity index (χ4v) is 8.58. The van der Waals surface area contributed by atoms with Crippen molar-refractivity contribution in [2.45, 2.75) is 111 Å². The van der Waals surface area contributed by atoms with E-state index in [9.17, 15) is 10.2 Å². The first-order chi connectivity index (χ1) is 13.7. The standard InChI is InChI=1S/C27H46O2/c1-17(2)6-11-25(29)18(3)22-9-10-23-21-8-7-19-16-20(28)12-14-26(19,4)24(21)13-15-27(22,23)5/h7,17-18,20-25,28-29H,6,8-16H2,1-5H3/t18?,20?,21?,22?,23?,24?,25-,26?,27?/m0/s1. The van der Waals surface area contributed by atoms with Crippen molar-refractivity contribution in [2.75, 3.05) is 0 Å². The summed E-state index contributed by atoms with van der Waals surface area (Å²) in [5, 5.41) is 21.2. The molecule has 29 heavy (non-hydrogen) atoms. The van der Waals surface area contributed by atoms with Crippen LogP contribution in [-0.4, -0.2) is 22.4 Å². The van der Waals surface area contributed by atoms with Crippen LogP contribution in [0.2, 0.25) is 0 Å². The van der Waals surface area contributed by atoms with Crippen LogP contribution in [0.4, 0.5) is 0 Å². The second kappa shape index (κ2) is 7.97. The van der Waals surface area contributed by atoms with Gasteiger partial charge < -0.3 is 10.2 Å². The Morgan fingerprint density at radius 3 is 2.48 bits per heavy atom. The molecule has 0 aromatic carbocycles. The third-order valence-electron chi connectivity index (χ3n) is 10.4. The number of rotatable bonds is 5. The topological polar surface area (TPSA) is 40.5 Å². The molecular weight excluding hydrogens is 356 g/mol. The largest absolute Gasteiger partial charge is 0.393 e. The number of allylic oxidation sites excluding steroid dienone is 1. The van der Waals surface area contributed by atoms with E-state index in [1.807, 2.05) is 0 Å². The number of hydrogen-bond acceptors (Lipinski definition) is 2. The third-order valence-corrected chi connectivity index (χ3v) is 10.4. The monoisotopic (exact) mass is 402 g/mol. The number of hydrogen-bond donors (Lipinski definition) is 2. The summed E-state index contributed by atoms with van der Waals surface area (Å²) in [5.41, 5.74) is 2.33. The zero-order valence-corrected chi connectivity index (χ0v) is 19.7. The van der Waals surface area contributed by atoms with Crippen LogP contribution in [0.1, 0.15) is 98.8 Å². The van der Waals surface area contributed by atoms with E-state index < -0.39 is 0 Å². The van der Waals surface area contributed by atoms with E-state index in [1.165, 1.54) is 38.5 Å². The normalized spacial score (nSPS) is 46.5. The molecule has 8 unspecified atom stereocenters. The van der Waals surface area contributed by atoms with E-state index in [0.717, 1.165) is 43.4 Å². The average Bonchev–Trinajstić information content (AvgIpc) is 3.03. The van der Waals surface area contributed by atoms with E-state index in [2.05, 4.69) is 40.7 Å². The van der Waals surface area contributed by atoms with Gasteiger partial charge in [0.25, 0.3) is 0 Å². The molecule has 0 aliphatic heterocycles. The van der Waals surface area contributed by atoms with Crippen molar-refractivity contribution in [3.63, 3.8) is 0 Å². The average molecular weight is 403 g/mol. The van der Waals surface area contributed by atoms with Crippen molar-refractivity contribution in [3.05, 3.63) is 11.6 Å². The van der Waals surface area contributed by atoms with Gasteiger partial charge in [-0.15, -0.1) is 0 Å². The van der Waals surface area contributed by atoms with Crippen LogP contribution in [0.25, 0.3) is 0 Å². The van der Waals surface area contributed by atoms with Gasteiger partial charge in [0, 0.05) is 0 Å². The fraction of sp³-hybridized carbons (Fsp3) is 0.926. The van der Waals surface area contributed by atoms with Gasteiger partial charge in [0.2, 0.25) is 0 Å². The van der Waals surface area contributed by atoms with E-state index >= 15 is 0 Å². The van der Waals surface area contributed by atoms with Crippen molar-refractivity contribution >= 4 is 0 Å². The van der Waals surface area contributed by atoms with Crippen molar-refractivity contribution in [1.82, 2.24) is 0 Å². The Bertz CT molecular complexity index is 624. The molecule has 2 heteroatoms. The summed E-state index contributed by atoms with van der Waals surface area (Å²) in [6, 6.07) is 0. The minimum Gasteiger partial charge on any atom is -0.393 e. The van der Waals surface area contributed by atoms with Crippen LogP contribution in [0.3, 0.4) is 0 Å². The summed E-state index contributed by atoms with van der Waals surface area (Å²) < 4.78 is 0. The molecule has 4 aliphatic carbocycles. The van der Waals surface area contributed by atoms with Gasteiger partial charge in [-0.05, 0) is 111 Å². The Labute approximate surface area is 179 Å². The number of aliphatic hydroxyl groups is 2. The molecule has 0 spiro atoms. The summed E-state index contributed by atoms with van der Waals surface area (Å²) in [6.07, 6.45) is 14.1. The van der Waals surface area contributed by atoms with Crippen LogP contribution in [0.5, 0.6) is 0 Å². The van der Waals surface area contributed by atoms with Gasteiger partial charge in [-0.1, -0.05) is 46.3 Å².